The van der Waals surface area contributed by atoms with E-state index in [0.717, 1.165) is 56.1 Å². The summed E-state index contributed by atoms with van der Waals surface area (Å²) in [5.41, 5.74) is 2.89. The molecule has 4 rings (SSSR count). The molecule has 3 N–H and O–H groups in total. The van der Waals surface area contributed by atoms with E-state index in [0.29, 0.717) is 36.6 Å². The van der Waals surface area contributed by atoms with Crippen LogP contribution in [0.25, 0.3) is 0 Å². The smallest absolute Gasteiger partial charge is 0.227 e. The number of ether oxygens (including phenoxy) is 3. The van der Waals surface area contributed by atoms with Crippen LogP contribution in [0, 0.1) is 0 Å². The minimum Gasteiger partial charge on any atom is -0.493 e. The summed E-state index contributed by atoms with van der Waals surface area (Å²) in [6, 6.07) is 18.3. The first-order valence-electron chi connectivity index (χ1n) is 11.8. The predicted molar refractivity (Wildman–Crippen MR) is 134 cm³/mol. The zero-order chi connectivity index (χ0) is 23.4. The summed E-state index contributed by atoms with van der Waals surface area (Å²) in [6.07, 6.45) is 4.71. The molecule has 180 valence electrons. The second-order valence-electron chi connectivity index (χ2n) is 8.12. The van der Waals surface area contributed by atoms with E-state index >= 15 is 0 Å². The summed E-state index contributed by atoms with van der Waals surface area (Å²) in [5, 5.41) is 10.2. The molecule has 2 heterocycles. The molecular formula is C26H33N5O3. The van der Waals surface area contributed by atoms with Gasteiger partial charge in [-0.1, -0.05) is 18.2 Å². The van der Waals surface area contributed by atoms with Crippen LogP contribution in [-0.2, 0) is 11.3 Å². The quantitative estimate of drug-likeness (QED) is 0.341. The Labute approximate surface area is 201 Å². The first-order chi connectivity index (χ1) is 16.8. The van der Waals surface area contributed by atoms with Crippen LogP contribution in [0.2, 0.25) is 0 Å². The van der Waals surface area contributed by atoms with Crippen LogP contribution in [0.1, 0.15) is 25.0 Å². The van der Waals surface area contributed by atoms with E-state index in [1.54, 1.807) is 13.3 Å². The van der Waals surface area contributed by atoms with Gasteiger partial charge in [-0.05, 0) is 49.6 Å². The van der Waals surface area contributed by atoms with Gasteiger partial charge in [-0.2, -0.15) is 0 Å². The number of aromatic nitrogens is 2. The van der Waals surface area contributed by atoms with Gasteiger partial charge in [0.25, 0.3) is 0 Å². The van der Waals surface area contributed by atoms with Gasteiger partial charge >= 0.3 is 0 Å². The molecule has 0 aliphatic carbocycles. The number of para-hydroxylation sites is 1. The van der Waals surface area contributed by atoms with Crippen molar-refractivity contribution in [2.24, 2.45) is 0 Å². The lowest BCUT2D eigenvalue weighted by Gasteiger charge is -2.23. The van der Waals surface area contributed by atoms with E-state index in [4.69, 9.17) is 14.2 Å². The van der Waals surface area contributed by atoms with Crippen LogP contribution >= 0.6 is 0 Å². The molecule has 0 bridgehead atoms. The number of hydrogen-bond acceptors (Lipinski definition) is 8. The molecule has 1 fully saturated rings. The fraction of sp³-hybridized carbons (Fsp3) is 0.385. The van der Waals surface area contributed by atoms with Crippen LogP contribution in [-0.4, -0.2) is 49.5 Å². The average molecular weight is 464 g/mol. The van der Waals surface area contributed by atoms with E-state index in [1.165, 1.54) is 0 Å². The number of benzene rings is 2. The highest BCUT2D eigenvalue weighted by Crippen LogP contribution is 2.31. The van der Waals surface area contributed by atoms with E-state index in [-0.39, 0.29) is 0 Å². The summed E-state index contributed by atoms with van der Waals surface area (Å²) < 4.78 is 16.9. The van der Waals surface area contributed by atoms with Crippen molar-refractivity contribution < 1.29 is 14.2 Å². The van der Waals surface area contributed by atoms with E-state index in [9.17, 15) is 0 Å². The summed E-state index contributed by atoms with van der Waals surface area (Å²) >= 11 is 0. The van der Waals surface area contributed by atoms with Crippen molar-refractivity contribution in [1.82, 2.24) is 15.3 Å². The Hall–Kier alpha value is -3.36. The Morgan fingerprint density at radius 1 is 1.00 bits per heavy atom. The van der Waals surface area contributed by atoms with E-state index < -0.39 is 0 Å². The number of hydrogen-bond donors (Lipinski definition) is 3. The molecular weight excluding hydrogens is 430 g/mol. The minimum atomic E-state index is 0.476. The summed E-state index contributed by atoms with van der Waals surface area (Å²) in [7, 11) is 1.64. The van der Waals surface area contributed by atoms with Crippen molar-refractivity contribution in [3.63, 3.8) is 0 Å². The van der Waals surface area contributed by atoms with Crippen LogP contribution in [0.4, 0.5) is 17.3 Å². The van der Waals surface area contributed by atoms with Crippen LogP contribution in [0.5, 0.6) is 11.5 Å². The number of anilines is 3. The van der Waals surface area contributed by atoms with Crippen molar-refractivity contribution in [3.8, 4) is 11.5 Å². The van der Waals surface area contributed by atoms with E-state index in [1.807, 2.05) is 42.5 Å². The van der Waals surface area contributed by atoms with Crippen molar-refractivity contribution in [3.05, 3.63) is 66.5 Å². The lowest BCUT2D eigenvalue weighted by atomic mass is 10.1. The highest BCUT2D eigenvalue weighted by atomic mass is 16.5. The summed E-state index contributed by atoms with van der Waals surface area (Å²) in [4.78, 5) is 9.01. The third-order valence-electron chi connectivity index (χ3n) is 5.61. The Bertz CT molecular complexity index is 1010. The SMILES string of the molecule is COc1ccc(Nc2nccc(CNC3CCOCC3)n2)cc1OCCCNc1ccccc1. The monoisotopic (exact) mass is 463 g/mol. The molecule has 2 aromatic carbocycles. The normalized spacial score (nSPS) is 13.9. The standard InChI is InChI=1S/C26H33N5O3/c1-32-24-9-8-22(18-25(24)34-15-5-13-27-20-6-3-2-4-7-20)30-26-28-14-10-23(31-26)19-29-21-11-16-33-17-12-21/h2-4,6-10,14,18,21,27,29H,5,11-13,15-17,19H2,1H3,(H,28,30,31). The highest BCUT2D eigenvalue weighted by Gasteiger charge is 2.13. The lowest BCUT2D eigenvalue weighted by Crippen LogP contribution is -2.34. The zero-order valence-electron chi connectivity index (χ0n) is 19.6. The second-order valence-corrected chi connectivity index (χ2v) is 8.12. The van der Waals surface area contributed by atoms with Gasteiger partial charge in [0.05, 0.1) is 19.4 Å². The first-order valence-corrected chi connectivity index (χ1v) is 11.8. The Morgan fingerprint density at radius 2 is 1.85 bits per heavy atom. The maximum absolute atomic E-state index is 6.01. The molecule has 1 aliphatic heterocycles. The van der Waals surface area contributed by atoms with Crippen molar-refractivity contribution in [1.29, 1.82) is 0 Å². The Morgan fingerprint density at radius 3 is 2.68 bits per heavy atom. The molecule has 0 atom stereocenters. The first kappa shape index (κ1) is 23.8. The molecule has 0 radical (unpaired) electrons. The van der Waals surface area contributed by atoms with Crippen LogP contribution < -0.4 is 25.4 Å². The molecule has 1 saturated heterocycles. The summed E-state index contributed by atoms with van der Waals surface area (Å²) in [5.74, 6) is 1.93. The largest absolute Gasteiger partial charge is 0.493 e. The van der Waals surface area contributed by atoms with Gasteiger partial charge in [-0.3, -0.25) is 0 Å². The molecule has 0 amide bonds. The molecule has 3 aromatic rings. The van der Waals surface area contributed by atoms with Gasteiger partial charge in [-0.15, -0.1) is 0 Å². The molecule has 0 saturated carbocycles. The van der Waals surface area contributed by atoms with Crippen molar-refractivity contribution in [2.75, 3.05) is 44.1 Å². The predicted octanol–water partition coefficient (Wildman–Crippen LogP) is 4.38. The van der Waals surface area contributed by atoms with Gasteiger partial charge in [0.2, 0.25) is 5.95 Å². The maximum atomic E-state index is 6.01. The maximum Gasteiger partial charge on any atom is 0.227 e. The molecule has 34 heavy (non-hydrogen) atoms. The minimum absolute atomic E-state index is 0.476. The topological polar surface area (TPSA) is 89.6 Å². The lowest BCUT2D eigenvalue weighted by molar-refractivity contribution is 0.0775. The fourth-order valence-electron chi connectivity index (χ4n) is 3.74. The third kappa shape index (κ3) is 7.33. The molecule has 8 heteroatoms. The zero-order valence-corrected chi connectivity index (χ0v) is 19.6. The number of nitrogens with zero attached hydrogens (tertiary/aromatic N) is 2. The molecule has 0 unspecified atom stereocenters. The van der Waals surface area contributed by atoms with Gasteiger partial charge < -0.3 is 30.2 Å². The fourth-order valence-corrected chi connectivity index (χ4v) is 3.74. The molecule has 0 spiro atoms. The molecule has 1 aromatic heterocycles. The van der Waals surface area contributed by atoms with Crippen LogP contribution in [0.15, 0.2) is 60.8 Å². The Kier molecular flexibility index (Phi) is 8.93. The number of nitrogens with one attached hydrogen (secondary N) is 3. The van der Waals surface area contributed by atoms with Gasteiger partial charge in [0.1, 0.15) is 0 Å². The average Bonchev–Trinajstić information content (AvgIpc) is 2.89. The molecule has 8 nitrogen and oxygen atoms in total. The van der Waals surface area contributed by atoms with Crippen molar-refractivity contribution >= 4 is 17.3 Å². The van der Waals surface area contributed by atoms with Gasteiger partial charge in [0, 0.05) is 56.0 Å². The van der Waals surface area contributed by atoms with Gasteiger partial charge in [-0.25, -0.2) is 9.97 Å². The Balaban J connectivity index is 1.29. The van der Waals surface area contributed by atoms with Gasteiger partial charge in [0.15, 0.2) is 11.5 Å². The third-order valence-corrected chi connectivity index (χ3v) is 5.61. The van der Waals surface area contributed by atoms with Crippen molar-refractivity contribution in [2.45, 2.75) is 31.8 Å². The number of methoxy groups -OCH3 is 1. The second kappa shape index (κ2) is 12.8. The van der Waals surface area contributed by atoms with E-state index in [2.05, 4.69) is 38.1 Å². The van der Waals surface area contributed by atoms with Crippen LogP contribution in [0.3, 0.4) is 0 Å². The summed E-state index contributed by atoms with van der Waals surface area (Å²) in [6.45, 7) is 3.74. The number of rotatable bonds is 12. The highest BCUT2D eigenvalue weighted by molar-refractivity contribution is 5.59. The molecule has 1 aliphatic rings.